The van der Waals surface area contributed by atoms with E-state index in [1.165, 1.54) is 17.8 Å². The Labute approximate surface area is 171 Å². The van der Waals surface area contributed by atoms with Crippen molar-refractivity contribution < 1.29 is 9.72 Å². The van der Waals surface area contributed by atoms with Crippen LogP contribution in [-0.4, -0.2) is 26.1 Å². The van der Waals surface area contributed by atoms with Crippen molar-refractivity contribution in [2.75, 3.05) is 11.1 Å². The summed E-state index contributed by atoms with van der Waals surface area (Å²) in [6, 6.07) is 10.2. The minimum Gasteiger partial charge on any atom is -0.319 e. The summed E-state index contributed by atoms with van der Waals surface area (Å²) in [6.07, 6.45) is 0.920. The van der Waals surface area contributed by atoms with E-state index in [0.29, 0.717) is 15.7 Å². The van der Waals surface area contributed by atoms with E-state index in [2.05, 4.69) is 21.8 Å². The Morgan fingerprint density at radius 1 is 1.36 bits per heavy atom. The Morgan fingerprint density at radius 2 is 2.14 bits per heavy atom. The first kappa shape index (κ1) is 20.2. The smallest absolute Gasteiger partial charge is 0.293 e. The van der Waals surface area contributed by atoms with Gasteiger partial charge in [-0.15, -0.1) is 0 Å². The number of nitrogens with one attached hydrogen (secondary N) is 1. The number of carbonyl (C=O) groups excluding carboxylic acids is 1. The van der Waals surface area contributed by atoms with Gasteiger partial charge in [-0.2, -0.15) is 0 Å². The highest BCUT2D eigenvalue weighted by Gasteiger charge is 2.19. The molecule has 0 saturated heterocycles. The molecule has 0 saturated carbocycles. The number of carbonyl (C=O) groups is 1. The second-order valence-corrected chi connectivity index (χ2v) is 7.62. The molecule has 0 bridgehead atoms. The van der Waals surface area contributed by atoms with Gasteiger partial charge in [-0.1, -0.05) is 42.4 Å². The van der Waals surface area contributed by atoms with Crippen LogP contribution < -0.4 is 5.32 Å². The van der Waals surface area contributed by atoms with E-state index < -0.39 is 4.92 Å². The van der Waals surface area contributed by atoms with Crippen molar-refractivity contribution in [1.29, 1.82) is 0 Å². The van der Waals surface area contributed by atoms with Crippen molar-refractivity contribution in [3.8, 4) is 0 Å². The normalized spacial score (nSPS) is 11.0. The molecule has 28 heavy (non-hydrogen) atoms. The largest absolute Gasteiger partial charge is 0.319 e. The summed E-state index contributed by atoms with van der Waals surface area (Å²) in [7, 11) is 0. The molecule has 3 rings (SSSR count). The number of hydrogen-bond donors (Lipinski definition) is 1. The van der Waals surface area contributed by atoms with Crippen molar-refractivity contribution in [2.24, 2.45) is 0 Å². The van der Waals surface area contributed by atoms with Crippen LogP contribution in [0.15, 0.2) is 41.6 Å². The minimum atomic E-state index is -0.500. The molecule has 0 spiro atoms. The molecule has 1 amide bonds. The standard InChI is InChI=1S/C19H19ClN4O3S/c1-3-9-23-15-8-7-13(20)10-14(15)21-19(23)28-11-17(25)22-18-12(2)5-4-6-16(18)24(26)27/h4-8,10H,3,9,11H2,1-2H3,(H,22,25). The highest BCUT2D eigenvalue weighted by atomic mass is 35.5. The van der Waals surface area contributed by atoms with E-state index in [1.807, 2.05) is 12.1 Å². The molecule has 2 aromatic carbocycles. The SMILES string of the molecule is CCCn1c(SCC(=O)Nc2c(C)cccc2[N+](=O)[O-])nc2cc(Cl)ccc21. The Hall–Kier alpha value is -2.58. The lowest BCUT2D eigenvalue weighted by atomic mass is 10.1. The second kappa shape index (κ2) is 8.62. The molecule has 9 heteroatoms. The van der Waals surface area contributed by atoms with Crippen LogP contribution in [0.25, 0.3) is 11.0 Å². The van der Waals surface area contributed by atoms with Crippen LogP contribution in [0.3, 0.4) is 0 Å². The average molecular weight is 419 g/mol. The van der Waals surface area contributed by atoms with Crippen LogP contribution in [0.2, 0.25) is 5.02 Å². The van der Waals surface area contributed by atoms with Gasteiger partial charge in [0.05, 0.1) is 21.7 Å². The van der Waals surface area contributed by atoms with Crippen LogP contribution in [0.1, 0.15) is 18.9 Å². The topological polar surface area (TPSA) is 90.1 Å². The van der Waals surface area contributed by atoms with Crippen LogP contribution in [-0.2, 0) is 11.3 Å². The Kier molecular flexibility index (Phi) is 6.21. The fourth-order valence-electron chi connectivity index (χ4n) is 2.90. The minimum absolute atomic E-state index is 0.0895. The number of nitro benzene ring substituents is 1. The van der Waals surface area contributed by atoms with E-state index >= 15 is 0 Å². The molecule has 1 N–H and O–H groups in total. The molecule has 0 atom stereocenters. The average Bonchev–Trinajstić information content (AvgIpc) is 2.98. The number of halogens is 1. The number of rotatable bonds is 7. The van der Waals surface area contributed by atoms with Crippen molar-refractivity contribution >= 4 is 51.7 Å². The summed E-state index contributed by atoms with van der Waals surface area (Å²) in [5, 5.41) is 15.2. The lowest BCUT2D eigenvalue weighted by Gasteiger charge is -2.10. The summed E-state index contributed by atoms with van der Waals surface area (Å²) in [5.74, 6) is -0.234. The number of aryl methyl sites for hydroxylation is 2. The van der Waals surface area contributed by atoms with E-state index in [4.69, 9.17) is 11.6 Å². The number of imidazole rings is 1. The third kappa shape index (κ3) is 4.28. The summed E-state index contributed by atoms with van der Waals surface area (Å²) in [6.45, 7) is 4.56. The third-order valence-corrected chi connectivity index (χ3v) is 5.38. The Balaban J connectivity index is 1.78. The predicted molar refractivity (Wildman–Crippen MR) is 112 cm³/mol. The first-order valence-electron chi connectivity index (χ1n) is 8.73. The number of thioether (sulfide) groups is 1. The highest BCUT2D eigenvalue weighted by molar-refractivity contribution is 7.99. The quantitative estimate of drug-likeness (QED) is 0.329. The molecule has 1 heterocycles. The lowest BCUT2D eigenvalue weighted by Crippen LogP contribution is -2.16. The number of hydrogen-bond acceptors (Lipinski definition) is 5. The number of para-hydroxylation sites is 1. The third-order valence-electron chi connectivity index (χ3n) is 4.17. The van der Waals surface area contributed by atoms with Gasteiger partial charge >= 0.3 is 0 Å². The zero-order chi connectivity index (χ0) is 20.3. The van der Waals surface area contributed by atoms with Gasteiger partial charge in [0.15, 0.2) is 5.16 Å². The highest BCUT2D eigenvalue weighted by Crippen LogP contribution is 2.29. The zero-order valence-corrected chi connectivity index (χ0v) is 17.0. The number of anilines is 1. The molecule has 0 aliphatic rings. The zero-order valence-electron chi connectivity index (χ0n) is 15.4. The Morgan fingerprint density at radius 3 is 2.86 bits per heavy atom. The monoisotopic (exact) mass is 418 g/mol. The molecule has 0 aliphatic heterocycles. The maximum Gasteiger partial charge on any atom is 0.293 e. The van der Waals surface area contributed by atoms with Gasteiger partial charge in [0.2, 0.25) is 5.91 Å². The molecule has 0 fully saturated rings. The van der Waals surface area contributed by atoms with Crippen molar-refractivity contribution in [3.05, 3.63) is 57.1 Å². The molecule has 1 aromatic heterocycles. The van der Waals surface area contributed by atoms with E-state index in [9.17, 15) is 14.9 Å². The fraction of sp³-hybridized carbons (Fsp3) is 0.263. The molecule has 0 radical (unpaired) electrons. The van der Waals surface area contributed by atoms with Crippen LogP contribution in [0.5, 0.6) is 0 Å². The van der Waals surface area contributed by atoms with Gasteiger partial charge in [0.1, 0.15) is 5.69 Å². The number of amides is 1. The van der Waals surface area contributed by atoms with Gasteiger partial charge < -0.3 is 9.88 Å². The molecule has 146 valence electrons. The van der Waals surface area contributed by atoms with Crippen molar-refractivity contribution in [3.63, 3.8) is 0 Å². The van der Waals surface area contributed by atoms with Crippen LogP contribution >= 0.6 is 23.4 Å². The first-order chi connectivity index (χ1) is 13.4. The van der Waals surface area contributed by atoms with E-state index in [1.54, 1.807) is 25.1 Å². The Bertz CT molecular complexity index is 1050. The lowest BCUT2D eigenvalue weighted by molar-refractivity contribution is -0.384. The first-order valence-corrected chi connectivity index (χ1v) is 10.1. The van der Waals surface area contributed by atoms with Gasteiger partial charge in [-0.05, 0) is 37.1 Å². The number of nitro groups is 1. The van der Waals surface area contributed by atoms with Crippen LogP contribution in [0, 0.1) is 17.0 Å². The fourth-order valence-corrected chi connectivity index (χ4v) is 3.91. The summed E-state index contributed by atoms with van der Waals surface area (Å²) in [4.78, 5) is 27.7. The van der Waals surface area contributed by atoms with Crippen LogP contribution in [0.4, 0.5) is 11.4 Å². The van der Waals surface area contributed by atoms with Crippen molar-refractivity contribution in [1.82, 2.24) is 9.55 Å². The summed E-state index contributed by atoms with van der Waals surface area (Å²) >= 11 is 7.35. The predicted octanol–water partition coefficient (Wildman–Crippen LogP) is 5.05. The molecule has 0 unspecified atom stereocenters. The van der Waals surface area contributed by atoms with Gasteiger partial charge in [0, 0.05) is 17.6 Å². The number of fused-ring (bicyclic) bond motifs is 1. The number of nitrogens with zero attached hydrogens (tertiary/aromatic N) is 3. The van der Waals surface area contributed by atoms with E-state index in [0.717, 1.165) is 24.0 Å². The molecule has 0 aliphatic carbocycles. The molecular formula is C19H19ClN4O3S. The number of benzene rings is 2. The van der Waals surface area contributed by atoms with E-state index in [-0.39, 0.29) is 23.0 Å². The van der Waals surface area contributed by atoms with Gasteiger partial charge in [-0.25, -0.2) is 4.98 Å². The maximum absolute atomic E-state index is 12.4. The molecule has 3 aromatic rings. The maximum atomic E-state index is 12.4. The van der Waals surface area contributed by atoms with Gasteiger partial charge in [0.25, 0.3) is 5.69 Å². The summed E-state index contributed by atoms with van der Waals surface area (Å²) in [5.41, 5.74) is 2.49. The second-order valence-electron chi connectivity index (χ2n) is 6.24. The van der Waals surface area contributed by atoms with Gasteiger partial charge in [-0.3, -0.25) is 14.9 Å². The molecular weight excluding hydrogens is 400 g/mol. The van der Waals surface area contributed by atoms with Crippen molar-refractivity contribution in [2.45, 2.75) is 32.0 Å². The molecule has 7 nitrogen and oxygen atoms in total. The summed E-state index contributed by atoms with van der Waals surface area (Å²) < 4.78 is 2.06. The number of aromatic nitrogens is 2.